The monoisotopic (exact) mass is 848 g/mol. The second-order valence-corrected chi connectivity index (χ2v) is 17.2. The number of allylic oxidation sites excluding steroid dienone is 11. The normalized spacial score (nSPS) is 15.7. The second-order valence-electron chi connectivity index (χ2n) is 15.8. The second kappa shape index (κ2) is 39.3. The fraction of sp³-hybridized carbons (Fsp3) is 0.646. The van der Waals surface area contributed by atoms with Crippen molar-refractivity contribution in [3.05, 3.63) is 97.4 Å². The van der Waals surface area contributed by atoms with Crippen molar-refractivity contribution in [1.29, 1.82) is 0 Å². The lowest BCUT2D eigenvalue weighted by Gasteiger charge is -2.28. The van der Waals surface area contributed by atoms with Gasteiger partial charge in [-0.05, 0) is 76.7 Å². The Morgan fingerprint density at radius 1 is 0.678 bits per heavy atom. The zero-order valence-electron chi connectivity index (χ0n) is 37.4. The maximum absolute atomic E-state index is 12.5. The number of unbranched alkanes of at least 4 members (excludes halogenated alkanes) is 12. The molecule has 0 aliphatic heterocycles. The molecule has 0 aliphatic rings. The fourth-order valence-electron chi connectivity index (χ4n) is 5.32. The van der Waals surface area contributed by atoms with Gasteiger partial charge >= 0.3 is 5.97 Å². The summed E-state index contributed by atoms with van der Waals surface area (Å²) in [5.41, 5.74) is 0. The van der Waals surface area contributed by atoms with Crippen molar-refractivity contribution in [3.63, 3.8) is 0 Å². The van der Waals surface area contributed by atoms with Crippen LogP contribution in [-0.2, 0) is 27.9 Å². The van der Waals surface area contributed by atoms with E-state index < -0.39 is 32.1 Å². The molecule has 0 aliphatic carbocycles. The van der Waals surface area contributed by atoms with Crippen LogP contribution in [0.15, 0.2) is 97.4 Å². The molecule has 0 aromatic carbocycles. The quantitative estimate of drug-likeness (QED) is 0.0118. The molecule has 0 saturated heterocycles. The standard InChI is InChI=1S/C48H82NO9P/c1-6-8-10-11-12-13-14-15-16-17-18-19-20-24-27-34-41-55-47(44-58-59(53,54)57-42-40-49(3,4)5)43-56-48(52)39-33-28-32-38-46(51)37-31-26-23-21-22-25-30-36-45(50)35-29-9-7-2/h9,15-16,22-23,25-26,29-32,34,36-38,41,45-47,50-51H,6-8,10-14,17-21,24,27-28,33,35,39-40,42-44H2,1-5H3/b16-15-,25-22-,26-23-,29-9-,36-30+,37-31+,38-32-,41-34+/t45-,46-,47-/m1/s1. The number of nitrogens with zero attached hydrogens (tertiary/aromatic N) is 1. The van der Waals surface area contributed by atoms with E-state index in [1.807, 2.05) is 75.8 Å². The minimum absolute atomic E-state index is 0.0133. The highest BCUT2D eigenvalue weighted by atomic mass is 31.2. The van der Waals surface area contributed by atoms with Gasteiger partial charge in [0.15, 0.2) is 6.10 Å². The number of carbonyl (C=O) groups is 1. The van der Waals surface area contributed by atoms with Crippen LogP contribution in [0.4, 0.5) is 0 Å². The van der Waals surface area contributed by atoms with Gasteiger partial charge < -0.3 is 38.1 Å². The molecule has 0 rings (SSSR count). The van der Waals surface area contributed by atoms with Crippen molar-refractivity contribution in [3.8, 4) is 0 Å². The molecule has 338 valence electrons. The average Bonchev–Trinajstić information content (AvgIpc) is 3.18. The topological polar surface area (TPSA) is 135 Å². The number of aliphatic hydroxyl groups is 2. The summed E-state index contributed by atoms with van der Waals surface area (Å²) >= 11 is 0. The first-order valence-corrected chi connectivity index (χ1v) is 23.7. The van der Waals surface area contributed by atoms with E-state index in [9.17, 15) is 24.5 Å². The van der Waals surface area contributed by atoms with Gasteiger partial charge in [-0.2, -0.15) is 0 Å². The number of ether oxygens (including phenoxy) is 2. The van der Waals surface area contributed by atoms with Gasteiger partial charge in [-0.1, -0.05) is 144 Å². The highest BCUT2D eigenvalue weighted by molar-refractivity contribution is 7.45. The molecule has 0 radical (unpaired) electrons. The molecule has 2 N–H and O–H groups in total. The molecule has 4 atom stereocenters. The summed E-state index contributed by atoms with van der Waals surface area (Å²) in [5, 5.41) is 20.0. The molecule has 0 amide bonds. The van der Waals surface area contributed by atoms with Crippen molar-refractivity contribution in [2.75, 3.05) is 47.5 Å². The summed E-state index contributed by atoms with van der Waals surface area (Å²) in [5.74, 6) is -0.437. The lowest BCUT2D eigenvalue weighted by atomic mass is 10.1. The van der Waals surface area contributed by atoms with Crippen LogP contribution < -0.4 is 4.89 Å². The zero-order valence-corrected chi connectivity index (χ0v) is 38.3. The van der Waals surface area contributed by atoms with Crippen LogP contribution in [0.2, 0.25) is 0 Å². The van der Waals surface area contributed by atoms with Crippen LogP contribution >= 0.6 is 7.82 Å². The average molecular weight is 848 g/mol. The van der Waals surface area contributed by atoms with Crippen LogP contribution in [0.5, 0.6) is 0 Å². The van der Waals surface area contributed by atoms with Gasteiger partial charge in [0.25, 0.3) is 7.82 Å². The third-order valence-corrected chi connectivity index (χ3v) is 9.85. The molecule has 1 unspecified atom stereocenters. The predicted molar refractivity (Wildman–Crippen MR) is 242 cm³/mol. The Morgan fingerprint density at radius 3 is 1.93 bits per heavy atom. The van der Waals surface area contributed by atoms with Crippen molar-refractivity contribution in [2.24, 2.45) is 0 Å². The van der Waals surface area contributed by atoms with Crippen molar-refractivity contribution < 1.29 is 47.5 Å². The highest BCUT2D eigenvalue weighted by Crippen LogP contribution is 2.38. The Bertz CT molecular complexity index is 1300. The summed E-state index contributed by atoms with van der Waals surface area (Å²) < 4.78 is 34.2. The van der Waals surface area contributed by atoms with Gasteiger partial charge in [-0.3, -0.25) is 9.36 Å². The summed E-state index contributed by atoms with van der Waals surface area (Å²) in [7, 11) is 1.22. The number of quaternary nitrogens is 1. The van der Waals surface area contributed by atoms with Crippen LogP contribution in [0.3, 0.4) is 0 Å². The Hall–Kier alpha value is -2.82. The number of phosphoric ester groups is 1. The summed E-state index contributed by atoms with van der Waals surface area (Å²) in [6.45, 7) is 4.25. The molecule has 0 fully saturated rings. The van der Waals surface area contributed by atoms with E-state index in [0.717, 1.165) is 38.5 Å². The molecule has 0 aromatic heterocycles. The minimum atomic E-state index is -4.57. The largest absolute Gasteiger partial charge is 0.756 e. The molecule has 0 aromatic rings. The maximum atomic E-state index is 12.5. The van der Waals surface area contributed by atoms with Gasteiger partial charge in [0.05, 0.1) is 46.2 Å². The van der Waals surface area contributed by atoms with Gasteiger partial charge in [0.1, 0.15) is 19.8 Å². The first kappa shape index (κ1) is 56.2. The molecular weight excluding hydrogens is 765 g/mol. The number of rotatable bonds is 39. The van der Waals surface area contributed by atoms with Crippen molar-refractivity contribution in [1.82, 2.24) is 0 Å². The minimum Gasteiger partial charge on any atom is -0.756 e. The lowest BCUT2D eigenvalue weighted by molar-refractivity contribution is -0.870. The molecule has 0 bridgehead atoms. The molecule has 11 heteroatoms. The van der Waals surface area contributed by atoms with Crippen LogP contribution in [0.25, 0.3) is 0 Å². The molecular formula is C48H82NO9P. The Morgan fingerprint density at radius 2 is 1.29 bits per heavy atom. The van der Waals surface area contributed by atoms with Crippen LogP contribution in [0, 0.1) is 0 Å². The Kier molecular flexibility index (Phi) is 37.4. The first-order valence-electron chi connectivity index (χ1n) is 22.2. The number of phosphoric acid groups is 1. The number of likely N-dealkylation sites (N-methyl/N-ethyl adjacent to an activating group) is 1. The number of hydrogen-bond acceptors (Lipinski definition) is 9. The van der Waals surface area contributed by atoms with Gasteiger partial charge in [0, 0.05) is 6.42 Å². The number of aliphatic hydroxyl groups excluding tert-OH is 2. The first-order chi connectivity index (χ1) is 28.4. The number of esters is 1. The van der Waals surface area contributed by atoms with E-state index in [1.54, 1.807) is 24.3 Å². The Balaban J connectivity index is 4.57. The predicted octanol–water partition coefficient (Wildman–Crippen LogP) is 10.7. The molecule has 10 nitrogen and oxygen atoms in total. The third kappa shape index (κ3) is 43.1. The van der Waals surface area contributed by atoms with E-state index in [2.05, 4.69) is 26.0 Å². The Labute approximate surface area is 359 Å². The van der Waals surface area contributed by atoms with E-state index >= 15 is 0 Å². The van der Waals surface area contributed by atoms with Crippen molar-refractivity contribution >= 4 is 13.8 Å². The smallest absolute Gasteiger partial charge is 0.305 e. The lowest BCUT2D eigenvalue weighted by Crippen LogP contribution is -2.37. The van der Waals surface area contributed by atoms with E-state index in [4.69, 9.17) is 18.5 Å². The van der Waals surface area contributed by atoms with Gasteiger partial charge in [-0.25, -0.2) is 0 Å². The zero-order chi connectivity index (χ0) is 43.7. The molecule has 0 spiro atoms. The van der Waals surface area contributed by atoms with E-state index in [0.29, 0.717) is 30.3 Å². The maximum Gasteiger partial charge on any atom is 0.305 e. The third-order valence-electron chi connectivity index (χ3n) is 8.88. The van der Waals surface area contributed by atoms with Crippen LogP contribution in [-0.4, -0.2) is 86.5 Å². The number of carbonyl (C=O) groups excluding carboxylic acids is 1. The highest BCUT2D eigenvalue weighted by Gasteiger charge is 2.19. The fourth-order valence-corrected chi connectivity index (χ4v) is 6.05. The molecule has 59 heavy (non-hydrogen) atoms. The van der Waals surface area contributed by atoms with E-state index in [-0.39, 0.29) is 26.2 Å². The van der Waals surface area contributed by atoms with E-state index in [1.165, 1.54) is 64.0 Å². The molecule has 0 heterocycles. The molecule has 0 saturated carbocycles. The van der Waals surface area contributed by atoms with Crippen molar-refractivity contribution in [2.45, 2.75) is 154 Å². The van der Waals surface area contributed by atoms with Gasteiger partial charge in [0.2, 0.25) is 0 Å². The summed E-state index contributed by atoms with van der Waals surface area (Å²) in [6.07, 6.45) is 47.4. The summed E-state index contributed by atoms with van der Waals surface area (Å²) in [6, 6.07) is 0. The van der Waals surface area contributed by atoms with Gasteiger partial charge in [-0.15, -0.1) is 0 Å². The van der Waals surface area contributed by atoms with Crippen LogP contribution in [0.1, 0.15) is 136 Å². The number of hydrogen-bond donors (Lipinski definition) is 2. The SMILES string of the molecule is CC/C=C\C[C@@H](O)/C=C/C=C\C/C=C\C=C\[C@@H](O)/C=C\CCCC(=O)OC[C@H](COP(=O)([O-])OCC[N+](C)(C)C)O/C=C/CCCCCC/C=C\CCCCCCCC. The summed E-state index contributed by atoms with van der Waals surface area (Å²) in [4.78, 5) is 24.8.